The van der Waals surface area contributed by atoms with Gasteiger partial charge < -0.3 is 9.84 Å². The molecule has 2 nitrogen and oxygen atoms in total. The highest BCUT2D eigenvalue weighted by Crippen LogP contribution is 2.45. The summed E-state index contributed by atoms with van der Waals surface area (Å²) in [4.78, 5) is 0. The van der Waals surface area contributed by atoms with Crippen LogP contribution >= 0.6 is 0 Å². The molecule has 0 amide bonds. The van der Waals surface area contributed by atoms with Crippen LogP contribution in [0.25, 0.3) is 0 Å². The zero-order valence-electron chi connectivity index (χ0n) is 12.2. The average molecular weight is 350 g/mol. The first kappa shape index (κ1) is 18.1. The highest BCUT2D eigenvalue weighted by Gasteiger charge is 2.56. The lowest BCUT2D eigenvalue weighted by Crippen LogP contribution is -2.43. The van der Waals surface area contributed by atoms with Gasteiger partial charge in [0.15, 0.2) is 0 Å². The fraction of sp³-hybridized carbons (Fsp3) is 0.250. The van der Waals surface area contributed by atoms with Gasteiger partial charge in [-0.05, 0) is 29.8 Å². The lowest BCUT2D eigenvalue weighted by molar-refractivity contribution is -0.248. The molecule has 1 N–H and O–H groups in total. The van der Waals surface area contributed by atoms with Gasteiger partial charge in [-0.1, -0.05) is 24.3 Å². The molecule has 0 aromatic heterocycles. The second kappa shape index (κ2) is 6.01. The van der Waals surface area contributed by atoms with Gasteiger partial charge >= 0.3 is 12.4 Å². The Morgan fingerprint density at radius 3 is 1.79 bits per heavy atom. The molecule has 8 heteroatoms. The van der Waals surface area contributed by atoms with E-state index in [1.165, 1.54) is 19.2 Å². The SMILES string of the molecule is COc1cccc(C(O)(c2ccc(C(F)(F)F)cc2)C(F)(F)F)c1. The van der Waals surface area contributed by atoms with E-state index in [0.29, 0.717) is 24.3 Å². The van der Waals surface area contributed by atoms with Crippen molar-refractivity contribution in [3.63, 3.8) is 0 Å². The summed E-state index contributed by atoms with van der Waals surface area (Å²) < 4.78 is 83.1. The highest BCUT2D eigenvalue weighted by atomic mass is 19.4. The number of ether oxygens (including phenoxy) is 1. The van der Waals surface area contributed by atoms with Gasteiger partial charge in [0.25, 0.3) is 0 Å². The Morgan fingerprint density at radius 1 is 0.792 bits per heavy atom. The minimum atomic E-state index is -5.15. The topological polar surface area (TPSA) is 29.5 Å². The van der Waals surface area contributed by atoms with E-state index >= 15 is 0 Å². The zero-order valence-corrected chi connectivity index (χ0v) is 12.2. The highest BCUT2D eigenvalue weighted by molar-refractivity contribution is 5.42. The third-order valence-electron chi connectivity index (χ3n) is 3.53. The summed E-state index contributed by atoms with van der Waals surface area (Å²) in [7, 11) is 1.24. The van der Waals surface area contributed by atoms with Gasteiger partial charge in [-0.2, -0.15) is 26.3 Å². The number of hydrogen-bond acceptors (Lipinski definition) is 2. The summed E-state index contributed by atoms with van der Waals surface area (Å²) in [5, 5.41) is 10.3. The summed E-state index contributed by atoms with van der Waals surface area (Å²) in [6.07, 6.45) is -9.84. The first-order valence-electron chi connectivity index (χ1n) is 6.61. The van der Waals surface area contributed by atoms with Crippen LogP contribution in [0, 0.1) is 0 Å². The fourth-order valence-electron chi connectivity index (χ4n) is 2.24. The molecule has 0 saturated heterocycles. The molecule has 0 bridgehead atoms. The van der Waals surface area contributed by atoms with E-state index in [9.17, 15) is 31.4 Å². The molecular weight excluding hydrogens is 338 g/mol. The third-order valence-corrected chi connectivity index (χ3v) is 3.53. The van der Waals surface area contributed by atoms with Crippen LogP contribution in [-0.4, -0.2) is 18.4 Å². The van der Waals surface area contributed by atoms with E-state index in [2.05, 4.69) is 0 Å². The smallest absolute Gasteiger partial charge is 0.425 e. The van der Waals surface area contributed by atoms with E-state index in [4.69, 9.17) is 4.74 Å². The Balaban J connectivity index is 2.60. The molecule has 130 valence electrons. The van der Waals surface area contributed by atoms with Crippen molar-refractivity contribution >= 4 is 0 Å². The molecule has 2 aromatic carbocycles. The number of benzene rings is 2. The normalized spacial score (nSPS) is 15.0. The summed E-state index contributed by atoms with van der Waals surface area (Å²) in [5.41, 5.74) is -5.86. The van der Waals surface area contributed by atoms with Crippen molar-refractivity contribution in [2.75, 3.05) is 7.11 Å². The van der Waals surface area contributed by atoms with E-state index < -0.39 is 34.6 Å². The number of methoxy groups -OCH3 is 1. The maximum absolute atomic E-state index is 13.5. The van der Waals surface area contributed by atoms with Crippen molar-refractivity contribution in [2.24, 2.45) is 0 Å². The second-order valence-electron chi connectivity index (χ2n) is 5.02. The molecule has 2 rings (SSSR count). The van der Waals surface area contributed by atoms with Crippen molar-refractivity contribution in [3.05, 3.63) is 65.2 Å². The zero-order chi connectivity index (χ0) is 18.2. The molecule has 0 radical (unpaired) electrons. The maximum atomic E-state index is 13.5. The van der Waals surface area contributed by atoms with E-state index in [1.807, 2.05) is 0 Å². The van der Waals surface area contributed by atoms with Crippen molar-refractivity contribution in [2.45, 2.75) is 18.0 Å². The average Bonchev–Trinajstić information content (AvgIpc) is 2.52. The molecule has 0 aliphatic rings. The summed E-state index contributed by atoms with van der Waals surface area (Å²) in [6, 6.07) is 6.82. The Labute approximate surface area is 133 Å². The third kappa shape index (κ3) is 3.19. The fourth-order valence-corrected chi connectivity index (χ4v) is 2.24. The van der Waals surface area contributed by atoms with Crippen molar-refractivity contribution < 1.29 is 36.2 Å². The van der Waals surface area contributed by atoms with Gasteiger partial charge in [-0.25, -0.2) is 0 Å². The Bertz CT molecular complexity index is 706. The van der Waals surface area contributed by atoms with E-state index in [-0.39, 0.29) is 5.75 Å². The number of aliphatic hydroxyl groups is 1. The number of halogens is 6. The van der Waals surface area contributed by atoms with Gasteiger partial charge in [0.1, 0.15) is 5.75 Å². The van der Waals surface area contributed by atoms with Crippen LogP contribution < -0.4 is 4.74 Å². The summed E-state index contributed by atoms with van der Waals surface area (Å²) >= 11 is 0. The Hall–Kier alpha value is -2.22. The number of rotatable bonds is 3. The molecule has 2 aromatic rings. The lowest BCUT2D eigenvalue weighted by Gasteiger charge is -2.32. The Kier molecular flexibility index (Phi) is 4.54. The molecule has 0 aliphatic heterocycles. The van der Waals surface area contributed by atoms with Crippen LogP contribution in [0.2, 0.25) is 0 Å². The molecule has 0 heterocycles. The molecular formula is C16H12F6O2. The van der Waals surface area contributed by atoms with Crippen molar-refractivity contribution in [3.8, 4) is 5.75 Å². The largest absolute Gasteiger partial charge is 0.497 e. The molecule has 0 fully saturated rings. The van der Waals surface area contributed by atoms with Crippen LogP contribution in [-0.2, 0) is 11.8 Å². The second-order valence-corrected chi connectivity index (χ2v) is 5.02. The molecule has 1 unspecified atom stereocenters. The van der Waals surface area contributed by atoms with Crippen molar-refractivity contribution in [1.82, 2.24) is 0 Å². The van der Waals surface area contributed by atoms with E-state index in [0.717, 1.165) is 12.1 Å². The standard InChI is InChI=1S/C16H12F6O2/c1-24-13-4-2-3-12(9-13)14(23,16(20,21)22)10-5-7-11(8-6-10)15(17,18)19/h2-9,23H,1H3. The number of alkyl halides is 6. The quantitative estimate of drug-likeness (QED) is 0.826. The van der Waals surface area contributed by atoms with Gasteiger partial charge in [0.05, 0.1) is 12.7 Å². The van der Waals surface area contributed by atoms with Crippen LogP contribution in [0.1, 0.15) is 16.7 Å². The predicted molar refractivity (Wildman–Crippen MR) is 73.5 cm³/mol. The van der Waals surface area contributed by atoms with Crippen LogP contribution in [0.4, 0.5) is 26.3 Å². The minimum Gasteiger partial charge on any atom is -0.497 e. The van der Waals surface area contributed by atoms with Gasteiger partial charge in [0.2, 0.25) is 5.60 Å². The summed E-state index contributed by atoms with van der Waals surface area (Å²) in [6.45, 7) is 0. The first-order valence-corrected chi connectivity index (χ1v) is 6.61. The number of hydrogen-bond donors (Lipinski definition) is 1. The lowest BCUT2D eigenvalue weighted by atomic mass is 9.85. The first-order chi connectivity index (χ1) is 11.0. The van der Waals surface area contributed by atoms with Crippen LogP contribution in [0.3, 0.4) is 0 Å². The summed E-state index contributed by atoms with van der Waals surface area (Å²) in [5.74, 6) is 0.0714. The van der Waals surface area contributed by atoms with Crippen LogP contribution in [0.5, 0.6) is 5.75 Å². The van der Waals surface area contributed by atoms with Gasteiger partial charge in [-0.3, -0.25) is 0 Å². The molecule has 0 saturated carbocycles. The minimum absolute atomic E-state index is 0.0714. The Morgan fingerprint density at radius 2 is 1.33 bits per heavy atom. The monoisotopic (exact) mass is 350 g/mol. The van der Waals surface area contributed by atoms with Crippen molar-refractivity contribution in [1.29, 1.82) is 0 Å². The van der Waals surface area contributed by atoms with Gasteiger partial charge in [0, 0.05) is 5.56 Å². The maximum Gasteiger partial charge on any atom is 0.425 e. The molecule has 0 spiro atoms. The van der Waals surface area contributed by atoms with Crippen LogP contribution in [0.15, 0.2) is 48.5 Å². The molecule has 24 heavy (non-hydrogen) atoms. The predicted octanol–water partition coefficient (Wildman–Crippen LogP) is 4.51. The molecule has 1 atom stereocenters. The van der Waals surface area contributed by atoms with E-state index in [1.54, 1.807) is 0 Å². The van der Waals surface area contributed by atoms with Gasteiger partial charge in [-0.15, -0.1) is 0 Å². The molecule has 0 aliphatic carbocycles.